The number of fused-ring (bicyclic) bond motifs is 2. The van der Waals surface area contributed by atoms with E-state index in [1.54, 1.807) is 23.3 Å². The second kappa shape index (κ2) is 21.1. The molecule has 0 saturated heterocycles. The molecule has 0 aliphatic rings. The molecule has 6 aromatic rings. The van der Waals surface area contributed by atoms with Crippen molar-refractivity contribution in [1.29, 1.82) is 0 Å². The molecule has 0 amide bonds. The van der Waals surface area contributed by atoms with Crippen LogP contribution < -0.4 is 60.0 Å². The first-order valence-electron chi connectivity index (χ1n) is 10.7. The van der Waals surface area contributed by atoms with Gasteiger partial charge in [0.05, 0.1) is 0 Å². The maximum Gasteiger partial charge on any atom is 4.00 e. The van der Waals surface area contributed by atoms with Crippen molar-refractivity contribution in [3.8, 4) is 0 Å². The van der Waals surface area contributed by atoms with Crippen LogP contribution in [0.25, 0.3) is 21.5 Å². The largest absolute Gasteiger partial charge is 4.00 e. The van der Waals surface area contributed by atoms with E-state index in [4.69, 9.17) is 0 Å². The molecule has 0 nitrogen and oxygen atoms in total. The number of hydrogen-bond donors (Lipinski definition) is 0. The Morgan fingerprint density at radius 3 is 1.11 bits per heavy atom. The van der Waals surface area contributed by atoms with Crippen molar-refractivity contribution in [2.45, 2.75) is 0 Å². The molecular formula is C30H24Cl4SiZr2. The van der Waals surface area contributed by atoms with Crippen LogP contribution in [0.4, 0.5) is 0 Å². The standard InChI is InChI=1S/C12H10Si.2C9H7.4ClH.2Zr/c1-3-7-11(8-4-1)13-12-9-5-2-6-10-12;2*1-2-5-9-7-3-6-8(9)4-1;;;;;;/h1-10H;2*1-7H;4*1H;;/q;2*-1;;;;;+2;+4/p-4. The van der Waals surface area contributed by atoms with Gasteiger partial charge in [0.15, 0.2) is 0 Å². The molecule has 0 saturated carbocycles. The summed E-state index contributed by atoms with van der Waals surface area (Å²) < 4.78 is 0. The minimum atomic E-state index is -0.455. The van der Waals surface area contributed by atoms with Crippen LogP contribution in [0.5, 0.6) is 0 Å². The molecule has 0 radical (unpaired) electrons. The van der Waals surface area contributed by atoms with Gasteiger partial charge >= 0.3 is 126 Å². The van der Waals surface area contributed by atoms with Gasteiger partial charge in [-0.05, 0) is 0 Å². The normalized spacial score (nSPS) is 8.70. The van der Waals surface area contributed by atoms with Gasteiger partial charge in [-0.15, -0.1) is 59.3 Å². The Balaban J connectivity index is 0. The summed E-state index contributed by atoms with van der Waals surface area (Å²) in [4.78, 5) is 0. The van der Waals surface area contributed by atoms with E-state index in [0.717, 1.165) is 0 Å². The van der Waals surface area contributed by atoms with E-state index in [1.807, 2.05) is 0 Å². The molecule has 0 spiro atoms. The SMILES string of the molecule is [Cl-].[Cl-].[Cl-].[Cl-].[Zr+2]=[Si](c1ccccc1)c1ccccc1.[Zr+4].c1ccc2[cH-]ccc2c1.c1ccc2[cH-]ccc2c1. The van der Waals surface area contributed by atoms with Crippen LogP contribution in [0.3, 0.4) is 0 Å². The predicted molar refractivity (Wildman–Crippen MR) is 137 cm³/mol. The summed E-state index contributed by atoms with van der Waals surface area (Å²) in [5, 5.41) is 8.36. The molecule has 0 fully saturated rings. The van der Waals surface area contributed by atoms with Crippen LogP contribution in [0.2, 0.25) is 0 Å². The molecule has 0 unspecified atom stereocenters. The van der Waals surface area contributed by atoms with Crippen molar-refractivity contribution in [3.05, 3.63) is 146 Å². The zero-order chi connectivity index (χ0) is 22.0. The first kappa shape index (κ1) is 38.4. The van der Waals surface area contributed by atoms with Crippen LogP contribution in [0.15, 0.2) is 146 Å². The van der Waals surface area contributed by atoms with Gasteiger partial charge in [0.2, 0.25) is 0 Å². The van der Waals surface area contributed by atoms with E-state index in [1.165, 1.54) is 31.9 Å². The van der Waals surface area contributed by atoms with Gasteiger partial charge in [-0.1, -0.05) is 12.1 Å². The number of halogens is 4. The molecule has 6 aromatic carbocycles. The van der Waals surface area contributed by atoms with Crippen molar-refractivity contribution in [3.63, 3.8) is 0 Å². The third-order valence-electron chi connectivity index (χ3n) is 5.22. The average Bonchev–Trinajstić information content (AvgIpc) is 3.55. The van der Waals surface area contributed by atoms with Crippen molar-refractivity contribution >= 4 is 37.4 Å². The molecule has 0 atom stereocenters. The molecule has 0 bridgehead atoms. The van der Waals surface area contributed by atoms with Gasteiger partial charge in [0, 0.05) is 0 Å². The van der Waals surface area contributed by atoms with E-state index in [-0.39, 0.29) is 75.8 Å². The van der Waals surface area contributed by atoms with Crippen LogP contribution in [0, 0.1) is 0 Å². The maximum absolute atomic E-state index is 2.25. The van der Waals surface area contributed by atoms with Crippen LogP contribution in [-0.4, -0.2) is 5.43 Å². The molecule has 37 heavy (non-hydrogen) atoms. The number of rotatable bonds is 2. The van der Waals surface area contributed by atoms with Crippen LogP contribution in [-0.2, 0) is 49.5 Å². The van der Waals surface area contributed by atoms with Gasteiger partial charge in [0.1, 0.15) is 0 Å². The third kappa shape index (κ3) is 11.9. The fourth-order valence-electron chi connectivity index (χ4n) is 3.52. The van der Waals surface area contributed by atoms with Crippen LogP contribution in [0.1, 0.15) is 0 Å². The first-order chi connectivity index (χ1) is 15.8. The minimum absolute atomic E-state index is 0. The zero-order valence-corrected chi connectivity index (χ0v) is 28.8. The van der Waals surface area contributed by atoms with Gasteiger partial charge in [-0.25, -0.2) is 0 Å². The summed E-state index contributed by atoms with van der Waals surface area (Å²) in [7, 11) is 0. The fraction of sp³-hybridized carbons (Fsp3) is 0. The Bertz CT molecular complexity index is 1230. The Morgan fingerprint density at radius 1 is 0.432 bits per heavy atom. The molecular weight excluding hydrogens is 713 g/mol. The smallest absolute Gasteiger partial charge is 0.168 e. The minimum Gasteiger partial charge on any atom is -0.168 e. The van der Waals surface area contributed by atoms with Gasteiger partial charge in [-0.3, -0.25) is 0 Å². The summed E-state index contributed by atoms with van der Waals surface area (Å²) in [6.07, 6.45) is 0. The van der Waals surface area contributed by atoms with E-state index < -0.39 is 5.43 Å². The predicted octanol–water partition coefficient (Wildman–Crippen LogP) is -5.53. The monoisotopic (exact) mass is 732 g/mol. The molecule has 0 aliphatic heterocycles. The first-order valence-corrected chi connectivity index (χ1v) is 15.9. The van der Waals surface area contributed by atoms with Gasteiger partial charge in [-0.2, -0.15) is 35.0 Å². The van der Waals surface area contributed by atoms with Crippen molar-refractivity contribution in [2.75, 3.05) is 0 Å². The summed E-state index contributed by atoms with van der Waals surface area (Å²) in [6, 6.07) is 51.0. The molecule has 0 aromatic heterocycles. The van der Waals surface area contributed by atoms with Crippen molar-refractivity contribution in [2.24, 2.45) is 0 Å². The number of benzene rings is 4. The Morgan fingerprint density at radius 2 is 0.757 bits per heavy atom. The summed E-state index contributed by atoms with van der Waals surface area (Å²) >= 11 is 1.64. The number of hydrogen-bond acceptors (Lipinski definition) is 0. The fourth-order valence-corrected chi connectivity index (χ4v) is 7.36. The van der Waals surface area contributed by atoms with Crippen LogP contribution >= 0.6 is 0 Å². The maximum atomic E-state index is 2.25. The Kier molecular flexibility index (Phi) is 21.9. The second-order valence-electron chi connectivity index (χ2n) is 7.42. The van der Waals surface area contributed by atoms with Crippen molar-refractivity contribution in [1.82, 2.24) is 0 Å². The molecule has 0 N–H and O–H groups in total. The third-order valence-corrected chi connectivity index (χ3v) is 11.3. The molecule has 6 rings (SSSR count). The van der Waals surface area contributed by atoms with E-state index in [9.17, 15) is 0 Å². The topological polar surface area (TPSA) is 0 Å². The van der Waals surface area contributed by atoms with E-state index in [2.05, 4.69) is 146 Å². The van der Waals surface area contributed by atoms with Gasteiger partial charge < -0.3 is 49.6 Å². The molecule has 184 valence electrons. The molecule has 0 aliphatic carbocycles. The summed E-state index contributed by atoms with van der Waals surface area (Å²) in [5.41, 5.74) is -0.455. The van der Waals surface area contributed by atoms with Crippen molar-refractivity contribution < 1.29 is 99.2 Å². The Labute approximate surface area is 279 Å². The zero-order valence-electron chi connectivity index (χ0n) is 19.9. The molecule has 7 heteroatoms. The van der Waals surface area contributed by atoms with E-state index >= 15 is 0 Å². The average molecular weight is 737 g/mol. The molecule has 0 heterocycles. The van der Waals surface area contributed by atoms with E-state index in [0.29, 0.717) is 0 Å². The Hall–Kier alpha value is -0.757. The summed E-state index contributed by atoms with van der Waals surface area (Å²) in [5.74, 6) is 0. The van der Waals surface area contributed by atoms with Gasteiger partial charge in [0.25, 0.3) is 0 Å². The summed E-state index contributed by atoms with van der Waals surface area (Å²) in [6.45, 7) is 0. The second-order valence-corrected chi connectivity index (χ2v) is 13.0. The quantitative estimate of drug-likeness (QED) is 0.123.